The summed E-state index contributed by atoms with van der Waals surface area (Å²) in [7, 11) is 0. The van der Waals surface area contributed by atoms with E-state index in [0.717, 1.165) is 31.8 Å². The lowest BCUT2D eigenvalue weighted by molar-refractivity contribution is 0.100. The van der Waals surface area contributed by atoms with Crippen LogP contribution >= 0.6 is 23.1 Å². The first-order chi connectivity index (χ1) is 10.1. The molecule has 0 aliphatic rings. The van der Waals surface area contributed by atoms with Gasteiger partial charge in [-0.25, -0.2) is 4.98 Å². The highest BCUT2D eigenvalue weighted by Gasteiger charge is 2.14. The molecule has 0 saturated carbocycles. The number of fused-ring (bicyclic) bond motifs is 1. The quantitative estimate of drug-likeness (QED) is 0.746. The number of primary amides is 1. The molecular weight excluding hydrogens is 306 g/mol. The van der Waals surface area contributed by atoms with E-state index in [9.17, 15) is 4.79 Å². The number of benzene rings is 1. The smallest absolute Gasteiger partial charge is 0.250 e. The Morgan fingerprint density at radius 2 is 2.24 bits per heavy atom. The molecule has 0 spiro atoms. The zero-order valence-electron chi connectivity index (χ0n) is 11.5. The molecule has 21 heavy (non-hydrogen) atoms. The standard InChI is InChI=1S/C14H13N3O2S2/c1-7-10(8(2)19-17-7)6-20-14-16-12-9(13(15)18)4-3-5-11(12)21-14/h3-5H,6H2,1-2H3,(H2,15,18). The van der Waals surface area contributed by atoms with E-state index in [1.54, 1.807) is 29.2 Å². The number of hydrogen-bond acceptors (Lipinski definition) is 6. The lowest BCUT2D eigenvalue weighted by atomic mass is 10.2. The second kappa shape index (κ2) is 5.50. The van der Waals surface area contributed by atoms with Crippen LogP contribution in [0.4, 0.5) is 0 Å². The first-order valence-corrected chi connectivity index (χ1v) is 8.10. The number of aryl methyl sites for hydroxylation is 2. The van der Waals surface area contributed by atoms with Gasteiger partial charge in [0.25, 0.3) is 5.91 Å². The topological polar surface area (TPSA) is 82.0 Å². The van der Waals surface area contributed by atoms with Gasteiger partial charge in [0.1, 0.15) is 5.76 Å². The lowest BCUT2D eigenvalue weighted by Gasteiger charge is -1.96. The van der Waals surface area contributed by atoms with Crippen LogP contribution in [0.15, 0.2) is 27.1 Å². The van der Waals surface area contributed by atoms with Gasteiger partial charge in [-0.2, -0.15) is 0 Å². The van der Waals surface area contributed by atoms with Crippen molar-refractivity contribution in [2.75, 3.05) is 0 Å². The molecule has 0 bridgehead atoms. The maximum absolute atomic E-state index is 11.4. The summed E-state index contributed by atoms with van der Waals surface area (Å²) in [5, 5.41) is 3.94. The third-order valence-electron chi connectivity index (χ3n) is 3.19. The molecule has 108 valence electrons. The minimum Gasteiger partial charge on any atom is -0.366 e. The van der Waals surface area contributed by atoms with Crippen LogP contribution in [0.3, 0.4) is 0 Å². The summed E-state index contributed by atoms with van der Waals surface area (Å²) < 4.78 is 7.02. The first-order valence-electron chi connectivity index (χ1n) is 6.30. The van der Waals surface area contributed by atoms with Crippen molar-refractivity contribution in [3.63, 3.8) is 0 Å². The summed E-state index contributed by atoms with van der Waals surface area (Å²) in [5.74, 6) is 1.12. The van der Waals surface area contributed by atoms with Gasteiger partial charge < -0.3 is 10.3 Å². The normalized spacial score (nSPS) is 11.1. The molecule has 0 aliphatic carbocycles. The molecule has 1 aromatic carbocycles. The van der Waals surface area contributed by atoms with E-state index in [-0.39, 0.29) is 0 Å². The molecule has 3 rings (SSSR count). The number of hydrogen-bond donors (Lipinski definition) is 1. The van der Waals surface area contributed by atoms with E-state index in [0.29, 0.717) is 11.1 Å². The SMILES string of the molecule is Cc1noc(C)c1CSc1nc2c(C(N)=O)cccc2s1. The van der Waals surface area contributed by atoms with Crippen LogP contribution in [-0.4, -0.2) is 16.0 Å². The molecule has 0 radical (unpaired) electrons. The number of rotatable bonds is 4. The maximum atomic E-state index is 11.4. The van der Waals surface area contributed by atoms with Crippen LogP contribution in [0, 0.1) is 13.8 Å². The van der Waals surface area contributed by atoms with Crippen LogP contribution in [0.5, 0.6) is 0 Å². The van der Waals surface area contributed by atoms with Crippen LogP contribution in [0.25, 0.3) is 10.2 Å². The van der Waals surface area contributed by atoms with E-state index in [2.05, 4.69) is 10.1 Å². The summed E-state index contributed by atoms with van der Waals surface area (Å²) in [6, 6.07) is 5.47. The molecule has 0 fully saturated rings. The van der Waals surface area contributed by atoms with Gasteiger partial charge in [-0.05, 0) is 26.0 Å². The second-order valence-electron chi connectivity index (χ2n) is 4.59. The zero-order chi connectivity index (χ0) is 15.0. The number of amides is 1. The number of para-hydroxylation sites is 1. The summed E-state index contributed by atoms with van der Waals surface area (Å²) in [6.07, 6.45) is 0. The van der Waals surface area contributed by atoms with Crippen molar-refractivity contribution in [3.05, 3.63) is 40.8 Å². The molecule has 0 unspecified atom stereocenters. The second-order valence-corrected chi connectivity index (χ2v) is 6.84. The number of nitrogens with zero attached hydrogens (tertiary/aromatic N) is 2. The molecule has 0 atom stereocenters. The summed E-state index contributed by atoms with van der Waals surface area (Å²) >= 11 is 3.16. The molecule has 0 saturated heterocycles. The third-order valence-corrected chi connectivity index (χ3v) is 5.38. The van der Waals surface area contributed by atoms with E-state index in [4.69, 9.17) is 10.3 Å². The van der Waals surface area contributed by atoms with Gasteiger partial charge in [0.2, 0.25) is 0 Å². The first kappa shape index (κ1) is 14.1. The predicted octanol–water partition coefficient (Wildman–Crippen LogP) is 3.29. The Balaban J connectivity index is 1.88. The van der Waals surface area contributed by atoms with Crippen LogP contribution < -0.4 is 5.73 Å². The number of carbonyl (C=O) groups excluding carboxylic acids is 1. The van der Waals surface area contributed by atoms with E-state index in [1.165, 1.54) is 0 Å². The van der Waals surface area contributed by atoms with Crippen LogP contribution in [0.2, 0.25) is 0 Å². The molecule has 5 nitrogen and oxygen atoms in total. The Morgan fingerprint density at radius 3 is 2.90 bits per heavy atom. The molecule has 1 amide bonds. The molecule has 2 aromatic heterocycles. The Labute approximate surface area is 129 Å². The Morgan fingerprint density at radius 1 is 1.43 bits per heavy atom. The summed E-state index contributed by atoms with van der Waals surface area (Å²) in [5.41, 5.74) is 8.51. The van der Waals surface area contributed by atoms with E-state index < -0.39 is 5.91 Å². The van der Waals surface area contributed by atoms with Gasteiger partial charge in [0.05, 0.1) is 21.5 Å². The van der Waals surface area contributed by atoms with Gasteiger partial charge in [0.15, 0.2) is 4.34 Å². The molecule has 0 aliphatic heterocycles. The number of carbonyl (C=O) groups is 1. The predicted molar refractivity (Wildman–Crippen MR) is 83.7 cm³/mol. The van der Waals surface area contributed by atoms with Gasteiger partial charge in [-0.1, -0.05) is 23.0 Å². The minimum atomic E-state index is -0.451. The number of thiazole rings is 1. The fraction of sp³-hybridized carbons (Fsp3) is 0.214. The summed E-state index contributed by atoms with van der Waals surface area (Å²) in [4.78, 5) is 15.9. The number of thioether (sulfide) groups is 1. The van der Waals surface area contributed by atoms with Crippen LogP contribution in [0.1, 0.15) is 27.4 Å². The van der Waals surface area contributed by atoms with Gasteiger partial charge in [-0.15, -0.1) is 11.3 Å². The number of aromatic nitrogens is 2. The molecule has 7 heteroatoms. The highest BCUT2D eigenvalue weighted by Crippen LogP contribution is 2.33. The fourth-order valence-electron chi connectivity index (χ4n) is 2.03. The fourth-order valence-corrected chi connectivity index (χ4v) is 4.27. The van der Waals surface area contributed by atoms with E-state index in [1.807, 2.05) is 26.0 Å². The molecule has 2 heterocycles. The summed E-state index contributed by atoms with van der Waals surface area (Å²) in [6.45, 7) is 3.83. The van der Waals surface area contributed by atoms with Gasteiger partial charge >= 0.3 is 0 Å². The van der Waals surface area contributed by atoms with Crippen molar-refractivity contribution in [1.82, 2.24) is 10.1 Å². The Bertz CT molecular complexity index is 803. The Kier molecular flexibility index (Phi) is 3.69. The number of nitrogens with two attached hydrogens (primary N) is 1. The van der Waals surface area contributed by atoms with E-state index >= 15 is 0 Å². The highest BCUT2D eigenvalue weighted by atomic mass is 32.2. The van der Waals surface area contributed by atoms with Crippen molar-refractivity contribution in [2.24, 2.45) is 5.73 Å². The molecule has 3 aromatic rings. The lowest BCUT2D eigenvalue weighted by Crippen LogP contribution is -2.11. The van der Waals surface area contributed by atoms with Crippen molar-refractivity contribution in [2.45, 2.75) is 23.9 Å². The monoisotopic (exact) mass is 319 g/mol. The highest BCUT2D eigenvalue weighted by molar-refractivity contribution is 8.00. The van der Waals surface area contributed by atoms with Crippen molar-refractivity contribution < 1.29 is 9.32 Å². The van der Waals surface area contributed by atoms with Crippen LogP contribution in [-0.2, 0) is 5.75 Å². The zero-order valence-corrected chi connectivity index (χ0v) is 13.2. The van der Waals surface area contributed by atoms with Crippen molar-refractivity contribution in [3.8, 4) is 0 Å². The largest absolute Gasteiger partial charge is 0.366 e. The molecule has 2 N–H and O–H groups in total. The third kappa shape index (κ3) is 2.66. The van der Waals surface area contributed by atoms with Gasteiger partial charge in [-0.3, -0.25) is 4.79 Å². The maximum Gasteiger partial charge on any atom is 0.250 e. The molecular formula is C14H13N3O2S2. The average molecular weight is 319 g/mol. The van der Waals surface area contributed by atoms with Crippen molar-refractivity contribution in [1.29, 1.82) is 0 Å². The minimum absolute atomic E-state index is 0.451. The Hall–Kier alpha value is -1.86. The average Bonchev–Trinajstić information content (AvgIpc) is 3.00. The van der Waals surface area contributed by atoms with Crippen molar-refractivity contribution >= 4 is 39.2 Å². The van der Waals surface area contributed by atoms with Gasteiger partial charge in [0, 0.05) is 11.3 Å².